The Bertz CT molecular complexity index is 299. The molecule has 0 saturated carbocycles. The minimum atomic E-state index is 0.0533. The van der Waals surface area contributed by atoms with Crippen LogP contribution in [0.2, 0.25) is 0 Å². The first kappa shape index (κ1) is 8.43. The van der Waals surface area contributed by atoms with Crippen molar-refractivity contribution in [3.63, 3.8) is 0 Å². The Kier molecular flexibility index (Phi) is 1.91. The highest BCUT2D eigenvalue weighted by molar-refractivity contribution is 8.14. The summed E-state index contributed by atoms with van der Waals surface area (Å²) in [5, 5.41) is 9.93. The second-order valence-corrected chi connectivity index (χ2v) is 3.99. The molecule has 0 fully saturated rings. The summed E-state index contributed by atoms with van der Waals surface area (Å²) in [6.45, 7) is 0. The largest absolute Gasteiger partial charge is 0.359 e. The van der Waals surface area contributed by atoms with Crippen LogP contribution in [0.1, 0.15) is 0 Å². The Hall–Kier alpha value is -1.17. The number of hydrogen-bond acceptors (Lipinski definition) is 6. The molecule has 2 aliphatic rings. The van der Waals surface area contributed by atoms with Gasteiger partial charge in [0.15, 0.2) is 17.0 Å². The number of carbonyl (C=O) groups excluding carboxylic acids is 1. The Labute approximate surface area is 80.4 Å². The van der Waals surface area contributed by atoms with Crippen molar-refractivity contribution in [3.05, 3.63) is 11.9 Å². The fourth-order valence-electron chi connectivity index (χ4n) is 1.12. The van der Waals surface area contributed by atoms with Gasteiger partial charge in [-0.15, -0.1) is 5.10 Å². The highest BCUT2D eigenvalue weighted by atomic mass is 32.2. The van der Waals surface area contributed by atoms with Crippen LogP contribution in [0.4, 0.5) is 0 Å². The van der Waals surface area contributed by atoms with E-state index >= 15 is 0 Å². The highest BCUT2D eigenvalue weighted by Crippen LogP contribution is 2.30. The minimum Gasteiger partial charge on any atom is -0.359 e. The molecule has 2 rings (SSSR count). The lowest BCUT2D eigenvalue weighted by atomic mass is 10.5. The van der Waals surface area contributed by atoms with Crippen LogP contribution in [0.3, 0.4) is 0 Å². The quantitative estimate of drug-likeness (QED) is 0.591. The van der Waals surface area contributed by atoms with E-state index in [0.717, 1.165) is 11.5 Å². The first-order valence-electron chi connectivity index (χ1n) is 3.85. The first-order valence-corrected chi connectivity index (χ1v) is 4.73. The smallest absolute Gasteiger partial charge is 0.187 e. The van der Waals surface area contributed by atoms with Crippen molar-refractivity contribution < 1.29 is 4.79 Å². The van der Waals surface area contributed by atoms with Crippen LogP contribution in [-0.4, -0.2) is 41.0 Å². The minimum absolute atomic E-state index is 0.0533. The number of fused-ring (bicyclic) bond motifs is 1. The van der Waals surface area contributed by atoms with E-state index in [0.29, 0.717) is 5.70 Å². The molecule has 2 heterocycles. The molecule has 0 amide bonds. The SMILES string of the molecule is CN(C)C1=NN2C(C=O)=CNC2S1. The molecule has 5 nitrogen and oxygen atoms in total. The van der Waals surface area contributed by atoms with Gasteiger partial charge in [0, 0.05) is 20.3 Å². The normalized spacial score (nSPS) is 24.8. The van der Waals surface area contributed by atoms with E-state index in [1.54, 1.807) is 23.0 Å². The average molecular weight is 198 g/mol. The molecule has 0 aliphatic carbocycles. The van der Waals surface area contributed by atoms with Gasteiger partial charge in [-0.25, -0.2) is 5.01 Å². The van der Waals surface area contributed by atoms with Crippen LogP contribution in [0.5, 0.6) is 0 Å². The molecular weight excluding hydrogens is 188 g/mol. The summed E-state index contributed by atoms with van der Waals surface area (Å²) < 4.78 is 0. The molecule has 70 valence electrons. The maximum absolute atomic E-state index is 10.6. The standard InChI is InChI=1S/C7H10N4OS/c1-10(2)7-9-11-5(4-12)3-8-6(11)13-7/h3-4,6,8H,1-2H3. The molecule has 0 spiro atoms. The van der Waals surface area contributed by atoms with Crippen molar-refractivity contribution in [2.75, 3.05) is 14.1 Å². The van der Waals surface area contributed by atoms with Crippen LogP contribution < -0.4 is 5.32 Å². The molecule has 6 heteroatoms. The van der Waals surface area contributed by atoms with Crippen molar-refractivity contribution in [2.45, 2.75) is 5.50 Å². The molecular formula is C7H10N4OS. The molecule has 0 aromatic rings. The molecule has 0 saturated heterocycles. The number of hydrogen-bond donors (Lipinski definition) is 1. The van der Waals surface area contributed by atoms with Gasteiger partial charge in [-0.1, -0.05) is 0 Å². The highest BCUT2D eigenvalue weighted by Gasteiger charge is 2.33. The van der Waals surface area contributed by atoms with Crippen molar-refractivity contribution >= 4 is 23.2 Å². The van der Waals surface area contributed by atoms with Crippen LogP contribution in [0.25, 0.3) is 0 Å². The molecule has 0 radical (unpaired) electrons. The van der Waals surface area contributed by atoms with E-state index in [2.05, 4.69) is 10.4 Å². The van der Waals surface area contributed by atoms with Crippen LogP contribution in [0, 0.1) is 0 Å². The first-order chi connectivity index (χ1) is 6.22. The van der Waals surface area contributed by atoms with E-state index in [1.165, 1.54) is 0 Å². The third-order valence-corrected chi connectivity index (χ3v) is 2.99. The maximum Gasteiger partial charge on any atom is 0.187 e. The number of aldehydes is 1. The summed E-state index contributed by atoms with van der Waals surface area (Å²) in [5.41, 5.74) is 0.631. The zero-order valence-electron chi connectivity index (χ0n) is 7.39. The number of rotatable bonds is 1. The maximum atomic E-state index is 10.6. The summed E-state index contributed by atoms with van der Waals surface area (Å²) in [4.78, 5) is 12.5. The predicted molar refractivity (Wildman–Crippen MR) is 51.6 cm³/mol. The lowest BCUT2D eigenvalue weighted by Gasteiger charge is -2.12. The van der Waals surface area contributed by atoms with E-state index in [4.69, 9.17) is 0 Å². The topological polar surface area (TPSA) is 47.9 Å². The van der Waals surface area contributed by atoms with Crippen LogP contribution in [0.15, 0.2) is 17.0 Å². The van der Waals surface area contributed by atoms with Crippen LogP contribution >= 0.6 is 11.8 Å². The summed E-state index contributed by atoms with van der Waals surface area (Å²) >= 11 is 1.59. The second-order valence-electron chi connectivity index (χ2n) is 2.95. The van der Waals surface area contributed by atoms with Gasteiger partial charge in [0.1, 0.15) is 5.70 Å². The van der Waals surface area contributed by atoms with Gasteiger partial charge >= 0.3 is 0 Å². The van der Waals surface area contributed by atoms with Crippen LogP contribution in [-0.2, 0) is 4.79 Å². The lowest BCUT2D eigenvalue weighted by Crippen LogP contribution is -2.26. The molecule has 1 atom stereocenters. The number of thioether (sulfide) groups is 1. The number of nitrogens with zero attached hydrogens (tertiary/aromatic N) is 3. The van der Waals surface area contributed by atoms with Gasteiger partial charge in [0.2, 0.25) is 0 Å². The molecule has 2 aliphatic heterocycles. The van der Waals surface area contributed by atoms with E-state index in [-0.39, 0.29) is 5.50 Å². The number of allylic oxidation sites excluding steroid dienone is 1. The number of carbonyl (C=O) groups is 1. The number of nitrogens with one attached hydrogen (secondary N) is 1. The molecule has 0 aromatic carbocycles. The molecule has 1 N–H and O–H groups in total. The van der Waals surface area contributed by atoms with Crippen molar-refractivity contribution in [1.29, 1.82) is 0 Å². The van der Waals surface area contributed by atoms with Crippen molar-refractivity contribution in [3.8, 4) is 0 Å². The Morgan fingerprint density at radius 3 is 3.15 bits per heavy atom. The fraction of sp³-hybridized carbons (Fsp3) is 0.429. The number of amidine groups is 1. The van der Waals surface area contributed by atoms with Gasteiger partial charge in [-0.2, -0.15) is 0 Å². The van der Waals surface area contributed by atoms with Crippen molar-refractivity contribution in [2.24, 2.45) is 5.10 Å². The van der Waals surface area contributed by atoms with Gasteiger partial charge in [-0.05, 0) is 11.8 Å². The van der Waals surface area contributed by atoms with E-state index in [9.17, 15) is 4.79 Å². The van der Waals surface area contributed by atoms with Gasteiger partial charge < -0.3 is 10.2 Å². The van der Waals surface area contributed by atoms with Gasteiger partial charge in [-0.3, -0.25) is 4.79 Å². The van der Waals surface area contributed by atoms with Crippen molar-refractivity contribution in [1.82, 2.24) is 15.2 Å². The van der Waals surface area contributed by atoms with Gasteiger partial charge in [0.05, 0.1) is 0 Å². The second kappa shape index (κ2) is 2.95. The Morgan fingerprint density at radius 1 is 1.77 bits per heavy atom. The monoisotopic (exact) mass is 198 g/mol. The average Bonchev–Trinajstić information content (AvgIpc) is 2.60. The summed E-state index contributed by atoms with van der Waals surface area (Å²) in [6.07, 6.45) is 2.48. The predicted octanol–water partition coefficient (Wildman–Crippen LogP) is -0.205. The van der Waals surface area contributed by atoms with E-state index < -0.39 is 0 Å². The molecule has 1 unspecified atom stereocenters. The Morgan fingerprint density at radius 2 is 2.54 bits per heavy atom. The summed E-state index contributed by atoms with van der Waals surface area (Å²) in [6, 6.07) is 0. The third-order valence-electron chi connectivity index (χ3n) is 1.77. The van der Waals surface area contributed by atoms with E-state index in [1.807, 2.05) is 19.0 Å². The summed E-state index contributed by atoms with van der Waals surface area (Å²) in [7, 11) is 3.86. The molecule has 0 bridgehead atoms. The zero-order chi connectivity index (χ0) is 9.42. The summed E-state index contributed by atoms with van der Waals surface area (Å²) in [5.74, 6) is 0. The Balaban J connectivity index is 2.19. The lowest BCUT2D eigenvalue weighted by molar-refractivity contribution is -0.106. The molecule has 13 heavy (non-hydrogen) atoms. The fourth-order valence-corrected chi connectivity index (χ4v) is 2.07. The number of hydrazone groups is 1. The third kappa shape index (κ3) is 1.27. The zero-order valence-corrected chi connectivity index (χ0v) is 8.21. The van der Waals surface area contributed by atoms with Gasteiger partial charge in [0.25, 0.3) is 0 Å². The molecule has 0 aromatic heterocycles.